The van der Waals surface area contributed by atoms with Crippen molar-refractivity contribution in [1.82, 2.24) is 5.32 Å². The maximum atomic E-state index is 11.9. The van der Waals surface area contributed by atoms with Gasteiger partial charge in [0.25, 0.3) is 0 Å². The van der Waals surface area contributed by atoms with Crippen molar-refractivity contribution in [2.45, 2.75) is 76.9 Å². The monoisotopic (exact) mass is 284 g/mol. The van der Waals surface area contributed by atoms with Gasteiger partial charge in [-0.05, 0) is 19.3 Å². The van der Waals surface area contributed by atoms with E-state index in [1.165, 1.54) is 25.7 Å². The lowest BCUT2D eigenvalue weighted by Gasteiger charge is -2.17. The molecule has 0 aromatic carbocycles. The van der Waals surface area contributed by atoms with Crippen LogP contribution in [0.3, 0.4) is 0 Å². The standard InChI is InChI=1S/C15H28N2O3/c1-2-3-4-5-6-7-9-12(14(16)18)17-15(19)13-10-8-11-20-13/h12-13H,2-11H2,1H3,(H2,16,18)(H,17,19)/t12-,13+/m1/s1. The van der Waals surface area contributed by atoms with Gasteiger partial charge in [0.1, 0.15) is 12.1 Å². The molecule has 3 N–H and O–H groups in total. The predicted molar refractivity (Wildman–Crippen MR) is 78.1 cm³/mol. The minimum Gasteiger partial charge on any atom is -0.368 e. The third-order valence-electron chi connectivity index (χ3n) is 3.73. The number of amides is 2. The number of ether oxygens (including phenoxy) is 1. The van der Waals surface area contributed by atoms with Crippen LogP contribution in [0.5, 0.6) is 0 Å². The Labute approximate surface area is 121 Å². The summed E-state index contributed by atoms with van der Waals surface area (Å²) < 4.78 is 5.30. The summed E-state index contributed by atoms with van der Waals surface area (Å²) in [6, 6.07) is -0.558. The molecule has 1 aliphatic rings. The van der Waals surface area contributed by atoms with Gasteiger partial charge in [0.05, 0.1) is 0 Å². The first-order valence-electron chi connectivity index (χ1n) is 7.86. The maximum Gasteiger partial charge on any atom is 0.249 e. The third-order valence-corrected chi connectivity index (χ3v) is 3.73. The Bertz CT molecular complexity index is 301. The van der Waals surface area contributed by atoms with Crippen LogP contribution in [0.15, 0.2) is 0 Å². The Hall–Kier alpha value is -1.10. The van der Waals surface area contributed by atoms with Gasteiger partial charge in [0.15, 0.2) is 0 Å². The molecule has 1 heterocycles. The molecule has 2 atom stereocenters. The molecule has 0 spiro atoms. The molecule has 5 heteroatoms. The van der Waals surface area contributed by atoms with E-state index in [0.29, 0.717) is 13.0 Å². The number of primary amides is 1. The lowest BCUT2D eigenvalue weighted by atomic mass is 10.0. The minimum atomic E-state index is -0.558. The van der Waals surface area contributed by atoms with Gasteiger partial charge in [-0.2, -0.15) is 0 Å². The van der Waals surface area contributed by atoms with E-state index in [-0.39, 0.29) is 5.91 Å². The van der Waals surface area contributed by atoms with Gasteiger partial charge in [0, 0.05) is 6.61 Å². The van der Waals surface area contributed by atoms with Crippen LogP contribution in [0.25, 0.3) is 0 Å². The van der Waals surface area contributed by atoms with Crippen LogP contribution in [-0.4, -0.2) is 30.6 Å². The number of hydrogen-bond donors (Lipinski definition) is 2. The molecular weight excluding hydrogens is 256 g/mol. The average molecular weight is 284 g/mol. The van der Waals surface area contributed by atoms with Crippen LogP contribution in [0.4, 0.5) is 0 Å². The molecule has 2 amide bonds. The summed E-state index contributed by atoms with van der Waals surface area (Å²) in [6.07, 6.45) is 8.75. The first-order chi connectivity index (χ1) is 9.65. The fraction of sp³-hybridized carbons (Fsp3) is 0.867. The second-order valence-corrected chi connectivity index (χ2v) is 5.52. The molecule has 0 aromatic rings. The summed E-state index contributed by atoms with van der Waals surface area (Å²) in [5.41, 5.74) is 5.35. The van der Waals surface area contributed by atoms with Crippen molar-refractivity contribution in [3.8, 4) is 0 Å². The van der Waals surface area contributed by atoms with E-state index in [2.05, 4.69) is 12.2 Å². The highest BCUT2D eigenvalue weighted by Gasteiger charge is 2.27. The van der Waals surface area contributed by atoms with Crippen LogP contribution >= 0.6 is 0 Å². The molecule has 5 nitrogen and oxygen atoms in total. The zero-order chi connectivity index (χ0) is 14.8. The highest BCUT2D eigenvalue weighted by Crippen LogP contribution is 2.13. The molecule has 0 unspecified atom stereocenters. The van der Waals surface area contributed by atoms with Crippen LogP contribution < -0.4 is 11.1 Å². The van der Waals surface area contributed by atoms with Crippen molar-refractivity contribution in [3.05, 3.63) is 0 Å². The first kappa shape index (κ1) is 17.0. The molecule has 0 aromatic heterocycles. The van der Waals surface area contributed by atoms with Gasteiger partial charge in [-0.3, -0.25) is 9.59 Å². The fourth-order valence-corrected chi connectivity index (χ4v) is 2.46. The summed E-state index contributed by atoms with van der Waals surface area (Å²) in [5, 5.41) is 2.72. The van der Waals surface area contributed by atoms with E-state index < -0.39 is 18.1 Å². The van der Waals surface area contributed by atoms with Crippen LogP contribution in [0.2, 0.25) is 0 Å². The van der Waals surface area contributed by atoms with Gasteiger partial charge in [-0.15, -0.1) is 0 Å². The minimum absolute atomic E-state index is 0.197. The second kappa shape index (κ2) is 9.75. The smallest absolute Gasteiger partial charge is 0.249 e. The van der Waals surface area contributed by atoms with Crippen LogP contribution in [-0.2, 0) is 14.3 Å². The second-order valence-electron chi connectivity index (χ2n) is 5.52. The van der Waals surface area contributed by atoms with Gasteiger partial charge in [-0.1, -0.05) is 45.4 Å². The lowest BCUT2D eigenvalue weighted by Crippen LogP contribution is -2.47. The van der Waals surface area contributed by atoms with Gasteiger partial charge in [0.2, 0.25) is 11.8 Å². The van der Waals surface area contributed by atoms with Gasteiger partial charge in [-0.25, -0.2) is 0 Å². The van der Waals surface area contributed by atoms with Crippen molar-refractivity contribution in [1.29, 1.82) is 0 Å². The molecule has 0 aliphatic carbocycles. The summed E-state index contributed by atoms with van der Waals surface area (Å²) in [5.74, 6) is -0.651. The summed E-state index contributed by atoms with van der Waals surface area (Å²) in [6.45, 7) is 2.81. The number of carbonyl (C=O) groups is 2. The maximum absolute atomic E-state index is 11.9. The van der Waals surface area contributed by atoms with Crippen LogP contribution in [0.1, 0.15) is 64.7 Å². The number of hydrogen-bond acceptors (Lipinski definition) is 3. The van der Waals surface area contributed by atoms with Gasteiger partial charge >= 0.3 is 0 Å². The molecule has 0 radical (unpaired) electrons. The average Bonchev–Trinajstić information content (AvgIpc) is 2.95. The van der Waals surface area contributed by atoms with E-state index in [0.717, 1.165) is 25.7 Å². The fourth-order valence-electron chi connectivity index (χ4n) is 2.46. The van der Waals surface area contributed by atoms with Crippen molar-refractivity contribution in [2.24, 2.45) is 5.73 Å². The Kier molecular flexibility index (Phi) is 8.26. The zero-order valence-corrected chi connectivity index (χ0v) is 12.5. The molecule has 1 rings (SSSR count). The number of unbranched alkanes of at least 4 members (excludes halogenated alkanes) is 5. The number of carbonyl (C=O) groups excluding carboxylic acids is 2. The Balaban J connectivity index is 2.22. The third kappa shape index (κ3) is 6.37. The van der Waals surface area contributed by atoms with Crippen molar-refractivity contribution >= 4 is 11.8 Å². The topological polar surface area (TPSA) is 81.4 Å². The molecule has 116 valence electrons. The largest absolute Gasteiger partial charge is 0.368 e. The zero-order valence-electron chi connectivity index (χ0n) is 12.5. The molecule has 1 saturated heterocycles. The highest BCUT2D eigenvalue weighted by molar-refractivity contribution is 5.88. The van der Waals surface area contributed by atoms with Crippen LogP contribution in [0, 0.1) is 0 Å². The molecular formula is C15H28N2O3. The van der Waals surface area contributed by atoms with Crippen molar-refractivity contribution in [3.63, 3.8) is 0 Å². The Morgan fingerprint density at radius 2 is 1.95 bits per heavy atom. The Morgan fingerprint density at radius 1 is 1.25 bits per heavy atom. The van der Waals surface area contributed by atoms with Crippen molar-refractivity contribution in [2.75, 3.05) is 6.61 Å². The normalized spacial score (nSPS) is 19.8. The van der Waals surface area contributed by atoms with E-state index in [1.807, 2.05) is 0 Å². The number of rotatable bonds is 10. The quantitative estimate of drug-likeness (QED) is 0.601. The van der Waals surface area contributed by atoms with E-state index in [1.54, 1.807) is 0 Å². The van der Waals surface area contributed by atoms with E-state index in [4.69, 9.17) is 10.5 Å². The Morgan fingerprint density at radius 3 is 2.55 bits per heavy atom. The molecule has 1 aliphatic heterocycles. The van der Waals surface area contributed by atoms with E-state index >= 15 is 0 Å². The SMILES string of the molecule is CCCCCCCC[C@@H](NC(=O)[C@@H]1CCCO1)C(N)=O. The predicted octanol–water partition coefficient (Wildman–Crippen LogP) is 1.89. The summed E-state index contributed by atoms with van der Waals surface area (Å²) in [4.78, 5) is 23.3. The highest BCUT2D eigenvalue weighted by atomic mass is 16.5. The lowest BCUT2D eigenvalue weighted by molar-refractivity contribution is -0.133. The molecule has 20 heavy (non-hydrogen) atoms. The first-order valence-corrected chi connectivity index (χ1v) is 7.86. The summed E-state index contributed by atoms with van der Waals surface area (Å²) in [7, 11) is 0. The number of nitrogens with two attached hydrogens (primary N) is 1. The summed E-state index contributed by atoms with van der Waals surface area (Å²) >= 11 is 0. The number of nitrogens with one attached hydrogen (secondary N) is 1. The van der Waals surface area contributed by atoms with Gasteiger partial charge < -0.3 is 15.8 Å². The van der Waals surface area contributed by atoms with E-state index in [9.17, 15) is 9.59 Å². The molecule has 0 bridgehead atoms. The molecule has 1 fully saturated rings. The van der Waals surface area contributed by atoms with Crippen molar-refractivity contribution < 1.29 is 14.3 Å². The molecule has 0 saturated carbocycles.